The van der Waals surface area contributed by atoms with E-state index in [1.54, 1.807) is 24.3 Å². The number of thioether (sulfide) groups is 1. The maximum Gasteiger partial charge on any atom is 0.319 e. The summed E-state index contributed by atoms with van der Waals surface area (Å²) >= 11 is 0.972. The van der Waals surface area contributed by atoms with Crippen LogP contribution in [0.25, 0.3) is 0 Å². The van der Waals surface area contributed by atoms with Crippen molar-refractivity contribution in [3.05, 3.63) is 24.3 Å². The molecule has 2 rings (SSSR count). The monoisotopic (exact) mass is 309 g/mol. The second kappa shape index (κ2) is 6.98. The zero-order chi connectivity index (χ0) is 15.2. The molecule has 1 saturated heterocycles. The van der Waals surface area contributed by atoms with Gasteiger partial charge < -0.3 is 15.4 Å². The van der Waals surface area contributed by atoms with Crippen LogP contribution >= 0.6 is 11.8 Å². The van der Waals surface area contributed by atoms with E-state index in [-0.39, 0.29) is 30.0 Å². The molecule has 0 unspecified atom stereocenters. The van der Waals surface area contributed by atoms with Gasteiger partial charge in [-0.25, -0.2) is 4.79 Å². The van der Waals surface area contributed by atoms with E-state index in [1.807, 2.05) is 0 Å². The van der Waals surface area contributed by atoms with Crippen LogP contribution in [0.1, 0.15) is 0 Å². The maximum atomic E-state index is 11.7. The number of ether oxygens (including phenoxy) is 1. The average molecular weight is 309 g/mol. The molecule has 8 heteroatoms. The minimum atomic E-state index is -0.425. The number of carbonyl (C=O) groups excluding carboxylic acids is 3. The highest BCUT2D eigenvalue weighted by molar-refractivity contribution is 8.14. The molecular formula is C13H15N3O4S. The number of methoxy groups -OCH3 is 1. The lowest BCUT2D eigenvalue weighted by molar-refractivity contribution is -0.124. The van der Waals surface area contributed by atoms with Crippen LogP contribution in [-0.2, 0) is 4.79 Å². The second-order valence-electron chi connectivity index (χ2n) is 4.18. The third kappa shape index (κ3) is 3.88. The van der Waals surface area contributed by atoms with Gasteiger partial charge in [-0.05, 0) is 12.1 Å². The minimum absolute atomic E-state index is 0.171. The van der Waals surface area contributed by atoms with Gasteiger partial charge in [0, 0.05) is 13.1 Å². The van der Waals surface area contributed by atoms with Gasteiger partial charge >= 0.3 is 6.03 Å². The van der Waals surface area contributed by atoms with Crippen LogP contribution in [0.4, 0.5) is 15.3 Å². The Morgan fingerprint density at radius 3 is 2.81 bits per heavy atom. The van der Waals surface area contributed by atoms with Gasteiger partial charge in [0.1, 0.15) is 5.75 Å². The number of imide groups is 1. The van der Waals surface area contributed by atoms with Gasteiger partial charge in [-0.1, -0.05) is 23.9 Å². The van der Waals surface area contributed by atoms with Crippen molar-refractivity contribution in [3.8, 4) is 5.75 Å². The van der Waals surface area contributed by atoms with Crippen LogP contribution in [0.5, 0.6) is 5.75 Å². The number of amides is 4. The lowest BCUT2D eigenvalue weighted by Gasteiger charge is -2.14. The van der Waals surface area contributed by atoms with E-state index in [1.165, 1.54) is 7.11 Å². The average Bonchev–Trinajstić information content (AvgIpc) is 2.79. The fourth-order valence-corrected chi connectivity index (χ4v) is 2.54. The molecule has 0 saturated carbocycles. The lowest BCUT2D eigenvalue weighted by Crippen LogP contribution is -2.39. The summed E-state index contributed by atoms with van der Waals surface area (Å²) in [7, 11) is 1.51. The molecule has 0 aromatic heterocycles. The number of rotatable bonds is 5. The predicted molar refractivity (Wildman–Crippen MR) is 79.6 cm³/mol. The highest BCUT2D eigenvalue weighted by atomic mass is 32.2. The van der Waals surface area contributed by atoms with Gasteiger partial charge in [-0.2, -0.15) is 0 Å². The summed E-state index contributed by atoms with van der Waals surface area (Å²) in [6.07, 6.45) is 0. The molecule has 1 aromatic rings. The summed E-state index contributed by atoms with van der Waals surface area (Å²) < 4.78 is 5.12. The Bertz CT molecular complexity index is 548. The summed E-state index contributed by atoms with van der Waals surface area (Å²) in [5, 5.41) is 4.96. The van der Waals surface area contributed by atoms with Gasteiger partial charge in [-0.3, -0.25) is 14.5 Å². The molecule has 7 nitrogen and oxygen atoms in total. The number of anilines is 1. The number of nitrogens with zero attached hydrogens (tertiary/aromatic N) is 1. The quantitative estimate of drug-likeness (QED) is 0.861. The van der Waals surface area contributed by atoms with Crippen molar-refractivity contribution in [2.45, 2.75) is 0 Å². The Balaban J connectivity index is 1.80. The minimum Gasteiger partial charge on any atom is -0.495 e. The normalized spacial score (nSPS) is 14.2. The van der Waals surface area contributed by atoms with Gasteiger partial charge in [0.25, 0.3) is 5.24 Å². The van der Waals surface area contributed by atoms with Crippen LogP contribution in [-0.4, -0.2) is 48.0 Å². The first-order valence-corrected chi connectivity index (χ1v) is 7.25. The van der Waals surface area contributed by atoms with E-state index in [9.17, 15) is 14.4 Å². The van der Waals surface area contributed by atoms with Crippen LogP contribution in [0.15, 0.2) is 24.3 Å². The van der Waals surface area contributed by atoms with E-state index in [4.69, 9.17) is 4.74 Å². The second-order valence-corrected chi connectivity index (χ2v) is 5.11. The Hall–Kier alpha value is -2.22. The molecule has 2 N–H and O–H groups in total. The van der Waals surface area contributed by atoms with Crippen molar-refractivity contribution in [2.24, 2.45) is 0 Å². The molecule has 4 amide bonds. The van der Waals surface area contributed by atoms with Crippen molar-refractivity contribution < 1.29 is 19.1 Å². The Morgan fingerprint density at radius 2 is 2.14 bits per heavy atom. The molecule has 0 bridgehead atoms. The zero-order valence-electron chi connectivity index (χ0n) is 11.4. The van der Waals surface area contributed by atoms with Gasteiger partial charge in [-0.15, -0.1) is 0 Å². The lowest BCUT2D eigenvalue weighted by atomic mass is 10.3. The van der Waals surface area contributed by atoms with Crippen LogP contribution < -0.4 is 15.4 Å². The van der Waals surface area contributed by atoms with Crippen molar-refractivity contribution in [1.29, 1.82) is 0 Å². The number of urea groups is 1. The first-order valence-electron chi connectivity index (χ1n) is 6.27. The molecule has 0 radical (unpaired) electrons. The molecule has 1 aromatic carbocycles. The highest BCUT2D eigenvalue weighted by Gasteiger charge is 2.29. The summed E-state index contributed by atoms with van der Waals surface area (Å²) in [4.78, 5) is 35.6. The summed E-state index contributed by atoms with van der Waals surface area (Å²) in [5.74, 6) is 0.498. The zero-order valence-corrected chi connectivity index (χ0v) is 12.2. The summed E-state index contributed by atoms with van der Waals surface area (Å²) in [6, 6.07) is 6.59. The third-order valence-electron chi connectivity index (χ3n) is 2.82. The van der Waals surface area contributed by atoms with E-state index in [0.717, 1.165) is 16.7 Å². The van der Waals surface area contributed by atoms with E-state index in [0.29, 0.717) is 11.4 Å². The first-order chi connectivity index (χ1) is 10.1. The number of hydrogen-bond donors (Lipinski definition) is 2. The molecule has 1 heterocycles. The number of carbonyl (C=O) groups is 3. The molecule has 1 aliphatic rings. The van der Waals surface area contributed by atoms with Crippen molar-refractivity contribution >= 4 is 34.6 Å². The van der Waals surface area contributed by atoms with Crippen LogP contribution in [0, 0.1) is 0 Å². The molecule has 0 spiro atoms. The number of para-hydroxylation sites is 2. The van der Waals surface area contributed by atoms with E-state index in [2.05, 4.69) is 10.6 Å². The van der Waals surface area contributed by atoms with E-state index < -0.39 is 6.03 Å². The third-order valence-corrected chi connectivity index (χ3v) is 3.68. The number of benzene rings is 1. The molecule has 0 aliphatic carbocycles. The molecule has 1 fully saturated rings. The molecule has 0 atom stereocenters. The van der Waals surface area contributed by atoms with Gasteiger partial charge in [0.05, 0.1) is 18.6 Å². The van der Waals surface area contributed by atoms with Crippen molar-refractivity contribution in [2.75, 3.05) is 31.3 Å². The van der Waals surface area contributed by atoms with Crippen molar-refractivity contribution in [3.63, 3.8) is 0 Å². The SMILES string of the molecule is COc1ccccc1NC(=O)NCCN1C(=O)CSC1=O. The molecule has 1 aliphatic heterocycles. The fraction of sp³-hybridized carbons (Fsp3) is 0.308. The fourth-order valence-electron chi connectivity index (χ4n) is 1.79. The summed E-state index contributed by atoms with van der Waals surface area (Å²) in [5.41, 5.74) is 0.543. The van der Waals surface area contributed by atoms with E-state index >= 15 is 0 Å². The molecule has 21 heavy (non-hydrogen) atoms. The van der Waals surface area contributed by atoms with Crippen LogP contribution in [0.2, 0.25) is 0 Å². The topological polar surface area (TPSA) is 87.7 Å². The number of hydrogen-bond acceptors (Lipinski definition) is 5. The standard InChI is InChI=1S/C13H15N3O4S/c1-20-10-5-3-2-4-9(10)15-12(18)14-6-7-16-11(17)8-21-13(16)19/h2-5H,6-8H2,1H3,(H2,14,15,18). The Kier molecular flexibility index (Phi) is 5.04. The van der Waals surface area contributed by atoms with Gasteiger partial charge in [0.2, 0.25) is 5.91 Å². The largest absolute Gasteiger partial charge is 0.495 e. The summed E-state index contributed by atoms with van der Waals surface area (Å²) in [6.45, 7) is 0.364. The highest BCUT2D eigenvalue weighted by Crippen LogP contribution is 2.22. The Morgan fingerprint density at radius 1 is 1.38 bits per heavy atom. The smallest absolute Gasteiger partial charge is 0.319 e. The predicted octanol–water partition coefficient (Wildman–Crippen LogP) is 1.51. The van der Waals surface area contributed by atoms with Crippen molar-refractivity contribution in [1.82, 2.24) is 10.2 Å². The van der Waals surface area contributed by atoms with Crippen LogP contribution in [0.3, 0.4) is 0 Å². The number of nitrogens with one attached hydrogen (secondary N) is 2. The first kappa shape index (κ1) is 15.2. The maximum absolute atomic E-state index is 11.7. The molecule has 112 valence electrons. The van der Waals surface area contributed by atoms with Gasteiger partial charge in [0.15, 0.2) is 0 Å². The molecular weight excluding hydrogens is 294 g/mol. The Labute approximate surface area is 126 Å².